The second kappa shape index (κ2) is 5.16. The fraction of sp³-hybridized carbons (Fsp3) is 0.294. The molecule has 2 aromatic carbocycles. The number of benzene rings is 2. The van der Waals surface area contributed by atoms with E-state index in [2.05, 4.69) is 31.3 Å². The second-order valence-electron chi connectivity index (χ2n) is 5.45. The first-order valence-corrected chi connectivity index (χ1v) is 6.93. The maximum absolute atomic E-state index is 13.0. The third-order valence-corrected chi connectivity index (χ3v) is 3.66. The van der Waals surface area contributed by atoms with E-state index in [0.29, 0.717) is 12.5 Å². The van der Waals surface area contributed by atoms with Gasteiger partial charge in [-0.3, -0.25) is 0 Å². The fourth-order valence-corrected chi connectivity index (χ4v) is 2.41. The summed E-state index contributed by atoms with van der Waals surface area (Å²) >= 11 is 0. The van der Waals surface area contributed by atoms with Crippen molar-refractivity contribution in [3.63, 3.8) is 0 Å². The molecule has 104 valence electrons. The van der Waals surface area contributed by atoms with Gasteiger partial charge in [-0.1, -0.05) is 32.0 Å². The highest BCUT2D eigenvalue weighted by atomic mass is 19.1. The molecule has 1 aliphatic heterocycles. The Morgan fingerprint density at radius 2 is 1.90 bits per heavy atom. The van der Waals surface area contributed by atoms with Crippen molar-refractivity contribution in [1.82, 2.24) is 0 Å². The van der Waals surface area contributed by atoms with Crippen molar-refractivity contribution in [2.75, 3.05) is 11.9 Å². The molecule has 0 bridgehead atoms. The van der Waals surface area contributed by atoms with Gasteiger partial charge >= 0.3 is 0 Å². The topological polar surface area (TPSA) is 21.3 Å². The Morgan fingerprint density at radius 3 is 2.60 bits per heavy atom. The van der Waals surface area contributed by atoms with Crippen LogP contribution in [-0.2, 0) is 0 Å². The van der Waals surface area contributed by atoms with Crippen LogP contribution in [0.3, 0.4) is 0 Å². The minimum atomic E-state index is -0.223. The summed E-state index contributed by atoms with van der Waals surface area (Å²) in [5.41, 5.74) is 3.31. The maximum Gasteiger partial charge on any atom is 0.143 e. The van der Waals surface area contributed by atoms with Gasteiger partial charge in [0, 0.05) is 0 Å². The van der Waals surface area contributed by atoms with E-state index in [-0.39, 0.29) is 11.9 Å². The molecule has 0 aromatic heterocycles. The first-order chi connectivity index (χ1) is 9.63. The lowest BCUT2D eigenvalue weighted by atomic mass is 10.0. The molecule has 0 radical (unpaired) electrons. The van der Waals surface area contributed by atoms with Gasteiger partial charge in [0.1, 0.15) is 17.7 Å². The zero-order valence-electron chi connectivity index (χ0n) is 11.7. The normalized spacial score (nSPS) is 17.3. The summed E-state index contributed by atoms with van der Waals surface area (Å²) in [6, 6.07) is 12.7. The van der Waals surface area contributed by atoms with E-state index in [0.717, 1.165) is 17.0 Å². The molecule has 1 aliphatic rings. The zero-order valence-corrected chi connectivity index (χ0v) is 11.7. The van der Waals surface area contributed by atoms with Gasteiger partial charge in [0.25, 0.3) is 0 Å². The van der Waals surface area contributed by atoms with Crippen LogP contribution in [-0.4, -0.2) is 6.54 Å². The molecule has 1 atom stereocenters. The van der Waals surface area contributed by atoms with Crippen LogP contribution in [0.1, 0.15) is 37.0 Å². The van der Waals surface area contributed by atoms with Crippen molar-refractivity contribution >= 4 is 5.69 Å². The van der Waals surface area contributed by atoms with Gasteiger partial charge in [0.2, 0.25) is 0 Å². The number of fused-ring (bicyclic) bond motifs is 1. The van der Waals surface area contributed by atoms with Gasteiger partial charge in [-0.05, 0) is 41.3 Å². The number of rotatable bonds is 2. The Kier molecular flexibility index (Phi) is 3.35. The number of ether oxygens (including phenoxy) is 1. The molecule has 3 heteroatoms. The monoisotopic (exact) mass is 271 g/mol. The van der Waals surface area contributed by atoms with E-state index >= 15 is 0 Å². The quantitative estimate of drug-likeness (QED) is 0.868. The summed E-state index contributed by atoms with van der Waals surface area (Å²) in [7, 11) is 0. The van der Waals surface area contributed by atoms with Gasteiger partial charge in [-0.15, -0.1) is 0 Å². The lowest BCUT2D eigenvalue weighted by Gasteiger charge is -2.28. The van der Waals surface area contributed by atoms with Gasteiger partial charge in [-0.25, -0.2) is 4.39 Å². The molecule has 0 spiro atoms. The van der Waals surface area contributed by atoms with Crippen LogP contribution in [0.5, 0.6) is 5.75 Å². The van der Waals surface area contributed by atoms with E-state index in [4.69, 9.17) is 4.74 Å². The Labute approximate surface area is 118 Å². The molecule has 1 unspecified atom stereocenters. The largest absolute Gasteiger partial charge is 0.482 e. The molecule has 0 aliphatic carbocycles. The lowest BCUT2D eigenvalue weighted by molar-refractivity contribution is 0.210. The van der Waals surface area contributed by atoms with Crippen molar-refractivity contribution < 1.29 is 9.13 Å². The molecular weight excluding hydrogens is 253 g/mol. The van der Waals surface area contributed by atoms with E-state index in [1.54, 1.807) is 12.1 Å². The average Bonchev–Trinajstić information content (AvgIpc) is 2.47. The standard InChI is InChI=1S/C17H18FNO/c1-11(2)13-5-8-16-15(9-13)19-10-17(20-16)12-3-6-14(18)7-4-12/h3-9,11,17,19H,10H2,1-2H3. The Bertz CT molecular complexity index is 607. The van der Waals surface area contributed by atoms with Crippen LogP contribution in [0.2, 0.25) is 0 Å². The predicted octanol–water partition coefficient (Wildman–Crippen LogP) is 4.49. The Morgan fingerprint density at radius 1 is 1.15 bits per heavy atom. The first-order valence-electron chi connectivity index (χ1n) is 6.93. The van der Waals surface area contributed by atoms with Crippen LogP contribution < -0.4 is 10.1 Å². The minimum Gasteiger partial charge on any atom is -0.482 e. The molecule has 2 nitrogen and oxygen atoms in total. The van der Waals surface area contributed by atoms with E-state index < -0.39 is 0 Å². The molecule has 3 rings (SSSR count). The molecule has 1 heterocycles. The first kappa shape index (κ1) is 13.0. The van der Waals surface area contributed by atoms with Crippen molar-refractivity contribution in [3.05, 3.63) is 59.4 Å². The summed E-state index contributed by atoms with van der Waals surface area (Å²) in [5, 5.41) is 3.40. The number of nitrogens with one attached hydrogen (secondary N) is 1. The van der Waals surface area contributed by atoms with Gasteiger partial charge in [0.05, 0.1) is 12.2 Å². The van der Waals surface area contributed by atoms with Crippen LogP contribution in [0.4, 0.5) is 10.1 Å². The SMILES string of the molecule is CC(C)c1ccc2c(c1)NCC(c1ccc(F)cc1)O2. The lowest BCUT2D eigenvalue weighted by Crippen LogP contribution is -2.23. The van der Waals surface area contributed by atoms with Crippen LogP contribution in [0.15, 0.2) is 42.5 Å². The number of halogens is 1. The second-order valence-corrected chi connectivity index (χ2v) is 5.45. The van der Waals surface area contributed by atoms with Gasteiger partial charge < -0.3 is 10.1 Å². The van der Waals surface area contributed by atoms with Crippen molar-refractivity contribution in [3.8, 4) is 5.75 Å². The third kappa shape index (κ3) is 2.48. The minimum absolute atomic E-state index is 0.0759. The van der Waals surface area contributed by atoms with Crippen molar-refractivity contribution in [2.45, 2.75) is 25.9 Å². The summed E-state index contributed by atoms with van der Waals surface area (Å²) in [5.74, 6) is 1.13. The van der Waals surface area contributed by atoms with Crippen molar-refractivity contribution in [2.24, 2.45) is 0 Å². The highest BCUT2D eigenvalue weighted by molar-refractivity contribution is 5.60. The Balaban J connectivity index is 1.83. The van der Waals surface area contributed by atoms with Gasteiger partial charge in [-0.2, -0.15) is 0 Å². The van der Waals surface area contributed by atoms with Crippen LogP contribution >= 0.6 is 0 Å². The van der Waals surface area contributed by atoms with Crippen molar-refractivity contribution in [1.29, 1.82) is 0 Å². The third-order valence-electron chi connectivity index (χ3n) is 3.66. The van der Waals surface area contributed by atoms with E-state index in [9.17, 15) is 4.39 Å². The van der Waals surface area contributed by atoms with Crippen LogP contribution in [0.25, 0.3) is 0 Å². The highest BCUT2D eigenvalue weighted by Gasteiger charge is 2.21. The van der Waals surface area contributed by atoms with Crippen LogP contribution in [0, 0.1) is 5.82 Å². The molecule has 0 amide bonds. The molecular formula is C17H18FNO. The fourth-order valence-electron chi connectivity index (χ4n) is 2.41. The summed E-state index contributed by atoms with van der Waals surface area (Å²) < 4.78 is 19.0. The molecule has 0 saturated carbocycles. The van der Waals surface area contributed by atoms with E-state index in [1.807, 2.05) is 6.07 Å². The smallest absolute Gasteiger partial charge is 0.143 e. The number of hydrogen-bond donors (Lipinski definition) is 1. The molecule has 0 fully saturated rings. The maximum atomic E-state index is 13.0. The Hall–Kier alpha value is -2.03. The molecule has 2 aromatic rings. The molecule has 20 heavy (non-hydrogen) atoms. The predicted molar refractivity (Wildman–Crippen MR) is 78.8 cm³/mol. The zero-order chi connectivity index (χ0) is 14.1. The number of anilines is 1. The highest BCUT2D eigenvalue weighted by Crippen LogP contribution is 2.36. The summed E-state index contributed by atoms with van der Waals surface area (Å²) in [4.78, 5) is 0. The number of hydrogen-bond acceptors (Lipinski definition) is 2. The molecule has 0 saturated heterocycles. The molecule has 1 N–H and O–H groups in total. The summed E-state index contributed by atoms with van der Waals surface area (Å²) in [6.07, 6.45) is -0.0759. The summed E-state index contributed by atoms with van der Waals surface area (Å²) in [6.45, 7) is 5.04. The van der Waals surface area contributed by atoms with Gasteiger partial charge in [0.15, 0.2) is 0 Å². The van der Waals surface area contributed by atoms with E-state index in [1.165, 1.54) is 17.7 Å². The average molecular weight is 271 g/mol.